The first-order valence-corrected chi connectivity index (χ1v) is 7.33. The summed E-state index contributed by atoms with van der Waals surface area (Å²) in [6.07, 6.45) is 1.94. The zero-order chi connectivity index (χ0) is 11.5. The van der Waals surface area contributed by atoms with E-state index in [4.69, 9.17) is 11.6 Å². The molecule has 0 radical (unpaired) electrons. The summed E-state index contributed by atoms with van der Waals surface area (Å²) < 4.78 is 27.3. The lowest BCUT2D eigenvalue weighted by atomic mass is 10.6. The predicted octanol–water partition coefficient (Wildman–Crippen LogP) is 1.28. The third kappa shape index (κ3) is 3.06. The molecule has 0 heterocycles. The fourth-order valence-corrected chi connectivity index (χ4v) is 3.77. The van der Waals surface area contributed by atoms with Gasteiger partial charge < -0.3 is 0 Å². The van der Waals surface area contributed by atoms with Crippen LogP contribution < -0.4 is 0 Å². The molecule has 90 valence electrons. The zero-order valence-corrected chi connectivity index (χ0v) is 10.9. The Balaban J connectivity index is 2.79. The summed E-state index contributed by atoms with van der Waals surface area (Å²) in [5.41, 5.74) is 0. The van der Waals surface area contributed by atoms with E-state index in [1.54, 1.807) is 4.31 Å². The van der Waals surface area contributed by atoms with E-state index in [1.165, 1.54) is 4.31 Å². The molecule has 1 saturated carbocycles. The van der Waals surface area contributed by atoms with Crippen LogP contribution in [0.15, 0.2) is 0 Å². The summed E-state index contributed by atoms with van der Waals surface area (Å²) >= 11 is 5.64. The van der Waals surface area contributed by atoms with Crippen molar-refractivity contribution in [1.82, 2.24) is 8.61 Å². The molecule has 6 heteroatoms. The molecule has 0 spiro atoms. The van der Waals surface area contributed by atoms with Crippen LogP contribution in [0.25, 0.3) is 0 Å². The molecule has 0 aliphatic heterocycles. The summed E-state index contributed by atoms with van der Waals surface area (Å²) in [6.45, 7) is 5.17. The Morgan fingerprint density at radius 3 is 2.13 bits per heavy atom. The van der Waals surface area contributed by atoms with Crippen LogP contribution in [0.4, 0.5) is 0 Å². The van der Waals surface area contributed by atoms with Gasteiger partial charge in [-0.2, -0.15) is 17.0 Å². The summed E-state index contributed by atoms with van der Waals surface area (Å²) in [4.78, 5) is 0. The van der Waals surface area contributed by atoms with Crippen molar-refractivity contribution in [3.63, 3.8) is 0 Å². The Labute approximate surface area is 97.4 Å². The van der Waals surface area contributed by atoms with E-state index in [2.05, 4.69) is 0 Å². The smallest absolute Gasteiger partial charge is 0.195 e. The maximum absolute atomic E-state index is 12.2. The number of hydrogen-bond donors (Lipinski definition) is 0. The monoisotopic (exact) mass is 254 g/mol. The molecule has 4 nitrogen and oxygen atoms in total. The first-order valence-electron chi connectivity index (χ1n) is 5.40. The van der Waals surface area contributed by atoms with E-state index in [9.17, 15) is 8.42 Å². The van der Waals surface area contributed by atoms with E-state index < -0.39 is 10.2 Å². The highest BCUT2D eigenvalue weighted by Gasteiger charge is 2.38. The van der Waals surface area contributed by atoms with Crippen molar-refractivity contribution < 1.29 is 8.42 Å². The quantitative estimate of drug-likeness (QED) is 0.642. The highest BCUT2D eigenvalue weighted by atomic mass is 35.5. The first kappa shape index (κ1) is 13.2. The molecular weight excluding hydrogens is 236 g/mol. The Bertz CT molecular complexity index is 286. The second kappa shape index (κ2) is 5.48. The van der Waals surface area contributed by atoms with Gasteiger partial charge in [0.25, 0.3) is 10.2 Å². The minimum Gasteiger partial charge on any atom is -0.195 e. The molecule has 0 saturated heterocycles. The van der Waals surface area contributed by atoms with Gasteiger partial charge in [0.1, 0.15) is 0 Å². The molecule has 0 unspecified atom stereocenters. The van der Waals surface area contributed by atoms with Crippen LogP contribution in [-0.4, -0.2) is 48.6 Å². The SMILES string of the molecule is CCN(CC)S(=O)(=O)N(CCCl)C1CC1. The topological polar surface area (TPSA) is 40.6 Å². The largest absolute Gasteiger partial charge is 0.282 e. The average molecular weight is 255 g/mol. The van der Waals surface area contributed by atoms with E-state index in [1.807, 2.05) is 13.8 Å². The van der Waals surface area contributed by atoms with Crippen LogP contribution in [-0.2, 0) is 10.2 Å². The van der Waals surface area contributed by atoms with Crippen LogP contribution >= 0.6 is 11.6 Å². The summed E-state index contributed by atoms with van der Waals surface area (Å²) in [5, 5.41) is 0. The molecule has 1 aliphatic carbocycles. The minimum absolute atomic E-state index is 0.189. The molecular formula is C9H19ClN2O2S. The molecule has 0 aromatic rings. The standard InChI is InChI=1S/C9H19ClN2O2S/c1-3-11(4-2)15(13,14)12(8-7-10)9-5-6-9/h9H,3-8H2,1-2H3. The summed E-state index contributed by atoms with van der Waals surface area (Å²) in [5.74, 6) is 0.358. The van der Waals surface area contributed by atoms with Crippen molar-refractivity contribution in [2.24, 2.45) is 0 Å². The lowest BCUT2D eigenvalue weighted by Crippen LogP contribution is -2.45. The van der Waals surface area contributed by atoms with Crippen LogP contribution in [0, 0.1) is 0 Å². The van der Waals surface area contributed by atoms with E-state index in [-0.39, 0.29) is 6.04 Å². The van der Waals surface area contributed by atoms with Crippen molar-refractivity contribution >= 4 is 21.8 Å². The zero-order valence-electron chi connectivity index (χ0n) is 9.32. The molecule has 0 atom stereocenters. The third-order valence-electron chi connectivity index (χ3n) is 2.59. The lowest BCUT2D eigenvalue weighted by molar-refractivity contribution is 0.352. The Morgan fingerprint density at radius 1 is 1.27 bits per heavy atom. The van der Waals surface area contributed by atoms with Gasteiger partial charge in [0.15, 0.2) is 0 Å². The van der Waals surface area contributed by atoms with Crippen molar-refractivity contribution in [1.29, 1.82) is 0 Å². The predicted molar refractivity (Wildman–Crippen MR) is 62.3 cm³/mol. The third-order valence-corrected chi connectivity index (χ3v) is 5.00. The Hall–Kier alpha value is 0.160. The fourth-order valence-electron chi connectivity index (χ4n) is 1.63. The highest BCUT2D eigenvalue weighted by Crippen LogP contribution is 2.30. The van der Waals surface area contributed by atoms with Crippen molar-refractivity contribution in [2.45, 2.75) is 32.7 Å². The number of alkyl halides is 1. The number of halogens is 1. The number of hydrogen-bond acceptors (Lipinski definition) is 2. The number of nitrogens with zero attached hydrogens (tertiary/aromatic N) is 2. The molecule has 0 aromatic carbocycles. The number of rotatable bonds is 7. The highest BCUT2D eigenvalue weighted by molar-refractivity contribution is 7.86. The van der Waals surface area contributed by atoms with Gasteiger partial charge in [-0.05, 0) is 12.8 Å². The minimum atomic E-state index is -3.28. The average Bonchev–Trinajstić information content (AvgIpc) is 2.98. The van der Waals surface area contributed by atoms with Gasteiger partial charge in [-0.25, -0.2) is 0 Å². The lowest BCUT2D eigenvalue weighted by Gasteiger charge is -2.27. The van der Waals surface area contributed by atoms with Gasteiger partial charge in [0.05, 0.1) is 0 Å². The molecule has 1 rings (SSSR count). The summed E-state index contributed by atoms with van der Waals surface area (Å²) in [6, 6.07) is 0.189. The van der Waals surface area contributed by atoms with E-state index in [0.29, 0.717) is 25.5 Å². The van der Waals surface area contributed by atoms with Gasteiger partial charge in [-0.1, -0.05) is 13.8 Å². The maximum atomic E-state index is 12.2. The van der Waals surface area contributed by atoms with Crippen molar-refractivity contribution in [2.75, 3.05) is 25.5 Å². The molecule has 0 N–H and O–H groups in total. The second-order valence-corrected chi connectivity index (χ2v) is 5.88. The molecule has 1 aliphatic rings. The molecule has 15 heavy (non-hydrogen) atoms. The second-order valence-electron chi connectivity index (χ2n) is 3.62. The van der Waals surface area contributed by atoms with E-state index >= 15 is 0 Å². The maximum Gasteiger partial charge on any atom is 0.282 e. The first-order chi connectivity index (χ1) is 7.07. The van der Waals surface area contributed by atoms with Gasteiger partial charge >= 0.3 is 0 Å². The van der Waals surface area contributed by atoms with Crippen molar-refractivity contribution in [3.05, 3.63) is 0 Å². The molecule has 0 bridgehead atoms. The molecule has 1 fully saturated rings. The Kier molecular flexibility index (Phi) is 4.83. The van der Waals surface area contributed by atoms with Crippen LogP contribution in [0.1, 0.15) is 26.7 Å². The van der Waals surface area contributed by atoms with Crippen molar-refractivity contribution in [3.8, 4) is 0 Å². The van der Waals surface area contributed by atoms with Crippen LogP contribution in [0.5, 0.6) is 0 Å². The molecule has 0 aromatic heterocycles. The van der Waals surface area contributed by atoms with Crippen LogP contribution in [0.3, 0.4) is 0 Å². The van der Waals surface area contributed by atoms with Gasteiger partial charge in [-0.15, -0.1) is 11.6 Å². The van der Waals surface area contributed by atoms with Crippen LogP contribution in [0.2, 0.25) is 0 Å². The normalized spacial score (nSPS) is 17.7. The summed E-state index contributed by atoms with van der Waals surface area (Å²) in [7, 11) is -3.28. The van der Waals surface area contributed by atoms with Gasteiger partial charge in [0, 0.05) is 31.6 Å². The fraction of sp³-hybridized carbons (Fsp3) is 1.00. The molecule has 0 amide bonds. The van der Waals surface area contributed by atoms with Gasteiger partial charge in [-0.3, -0.25) is 0 Å². The van der Waals surface area contributed by atoms with E-state index in [0.717, 1.165) is 12.8 Å². The van der Waals surface area contributed by atoms with Gasteiger partial charge in [0.2, 0.25) is 0 Å². The Morgan fingerprint density at radius 2 is 1.80 bits per heavy atom.